The topological polar surface area (TPSA) is 51.2 Å². The Morgan fingerprint density at radius 1 is 1.29 bits per heavy atom. The molecule has 0 fully saturated rings. The third kappa shape index (κ3) is 4.08. The lowest BCUT2D eigenvalue weighted by Crippen LogP contribution is -2.12. The Hall–Kier alpha value is -2.47. The number of para-hydroxylation sites is 1. The van der Waals surface area contributed by atoms with E-state index in [0.29, 0.717) is 34.8 Å². The van der Waals surface area contributed by atoms with Gasteiger partial charge in [-0.25, -0.2) is 9.37 Å². The fraction of sp³-hybridized carbons (Fsp3) is 0.222. The van der Waals surface area contributed by atoms with Crippen LogP contribution < -0.4 is 10.1 Å². The van der Waals surface area contributed by atoms with E-state index in [1.807, 2.05) is 31.2 Å². The predicted molar refractivity (Wildman–Crippen MR) is 94.1 cm³/mol. The molecule has 6 heteroatoms. The van der Waals surface area contributed by atoms with Crippen LogP contribution in [-0.4, -0.2) is 17.5 Å². The number of aryl methyl sites for hydroxylation is 1. The lowest BCUT2D eigenvalue weighted by molar-refractivity contribution is -0.116. The summed E-state index contributed by atoms with van der Waals surface area (Å²) < 4.78 is 19.9. The zero-order valence-electron chi connectivity index (χ0n) is 13.2. The molecule has 1 aromatic heterocycles. The molecule has 0 aliphatic rings. The Morgan fingerprint density at radius 3 is 2.92 bits per heavy atom. The molecule has 0 saturated heterocycles. The fourth-order valence-electron chi connectivity index (χ4n) is 2.28. The number of rotatable bonds is 6. The first kappa shape index (κ1) is 16.4. The van der Waals surface area contributed by atoms with Crippen molar-refractivity contribution in [3.63, 3.8) is 0 Å². The van der Waals surface area contributed by atoms with Crippen molar-refractivity contribution >= 4 is 32.6 Å². The van der Waals surface area contributed by atoms with Crippen LogP contribution >= 0.6 is 11.3 Å². The number of nitrogens with one attached hydrogen (secondary N) is 1. The van der Waals surface area contributed by atoms with Gasteiger partial charge in [0.1, 0.15) is 17.1 Å². The maximum atomic E-state index is 13.6. The molecule has 3 aromatic rings. The van der Waals surface area contributed by atoms with Gasteiger partial charge in [-0.05, 0) is 43.2 Å². The number of anilines is 1. The normalized spacial score (nSPS) is 10.8. The number of ether oxygens (including phenoxy) is 1. The Labute approximate surface area is 143 Å². The summed E-state index contributed by atoms with van der Waals surface area (Å²) in [5, 5.41) is 3.13. The molecule has 1 N–H and O–H groups in total. The third-order valence-electron chi connectivity index (χ3n) is 3.42. The van der Waals surface area contributed by atoms with E-state index in [4.69, 9.17) is 4.74 Å². The number of benzene rings is 2. The van der Waals surface area contributed by atoms with Crippen molar-refractivity contribution in [2.24, 2.45) is 0 Å². The first-order valence-electron chi connectivity index (χ1n) is 7.66. The second kappa shape index (κ2) is 7.40. The Kier molecular flexibility index (Phi) is 5.05. The van der Waals surface area contributed by atoms with Crippen molar-refractivity contribution in [1.82, 2.24) is 4.98 Å². The zero-order chi connectivity index (χ0) is 16.9. The molecule has 1 amide bonds. The number of halogens is 1. The summed E-state index contributed by atoms with van der Waals surface area (Å²) in [4.78, 5) is 16.1. The predicted octanol–water partition coefficient (Wildman–Crippen LogP) is 4.54. The number of hydrogen-bond donors (Lipinski definition) is 1. The van der Waals surface area contributed by atoms with Crippen LogP contribution in [-0.2, 0) is 4.79 Å². The Morgan fingerprint density at radius 2 is 2.12 bits per heavy atom. The maximum absolute atomic E-state index is 13.6. The molecule has 4 nitrogen and oxygen atoms in total. The summed E-state index contributed by atoms with van der Waals surface area (Å²) in [7, 11) is 0. The lowest BCUT2D eigenvalue weighted by atomic mass is 10.2. The van der Waals surface area contributed by atoms with Gasteiger partial charge in [0.2, 0.25) is 5.91 Å². The first-order chi connectivity index (χ1) is 11.6. The van der Waals surface area contributed by atoms with Gasteiger partial charge in [-0.1, -0.05) is 29.5 Å². The fourth-order valence-corrected chi connectivity index (χ4v) is 3.17. The van der Waals surface area contributed by atoms with Crippen LogP contribution in [0, 0.1) is 12.7 Å². The average Bonchev–Trinajstić information content (AvgIpc) is 2.95. The number of carbonyl (C=O) groups is 1. The smallest absolute Gasteiger partial charge is 0.226 e. The molecule has 1 heterocycles. The lowest BCUT2D eigenvalue weighted by Gasteiger charge is -2.06. The molecule has 0 saturated carbocycles. The SMILES string of the molecule is Cc1cccc(OCCCC(=O)Nc2nc3c(F)cccc3s2)c1. The van der Waals surface area contributed by atoms with Crippen LogP contribution in [0.2, 0.25) is 0 Å². The number of hydrogen-bond acceptors (Lipinski definition) is 4. The zero-order valence-corrected chi connectivity index (χ0v) is 14.0. The van der Waals surface area contributed by atoms with Crippen LogP contribution in [0.5, 0.6) is 5.75 Å². The largest absolute Gasteiger partial charge is 0.494 e. The van der Waals surface area contributed by atoms with Crippen LogP contribution in [0.4, 0.5) is 9.52 Å². The van der Waals surface area contributed by atoms with Gasteiger partial charge >= 0.3 is 0 Å². The van der Waals surface area contributed by atoms with Gasteiger partial charge in [0, 0.05) is 6.42 Å². The molecule has 2 aromatic carbocycles. The maximum Gasteiger partial charge on any atom is 0.226 e. The highest BCUT2D eigenvalue weighted by atomic mass is 32.1. The summed E-state index contributed by atoms with van der Waals surface area (Å²) in [5.74, 6) is 0.273. The molecular formula is C18H17FN2O2S. The second-order valence-corrected chi connectivity index (χ2v) is 6.45. The van der Waals surface area contributed by atoms with E-state index in [1.165, 1.54) is 17.4 Å². The summed E-state index contributed by atoms with van der Waals surface area (Å²) in [6.07, 6.45) is 0.920. The molecular weight excluding hydrogens is 327 g/mol. The quantitative estimate of drug-likeness (QED) is 0.668. The van der Waals surface area contributed by atoms with Gasteiger partial charge in [-0.15, -0.1) is 0 Å². The van der Waals surface area contributed by atoms with E-state index in [-0.39, 0.29) is 11.7 Å². The van der Waals surface area contributed by atoms with Gasteiger partial charge in [-0.2, -0.15) is 0 Å². The number of aromatic nitrogens is 1. The minimum absolute atomic E-state index is 0.151. The monoisotopic (exact) mass is 344 g/mol. The highest BCUT2D eigenvalue weighted by Gasteiger charge is 2.10. The summed E-state index contributed by atoms with van der Waals surface area (Å²) in [6.45, 7) is 2.46. The summed E-state index contributed by atoms with van der Waals surface area (Å²) in [5.41, 5.74) is 1.42. The van der Waals surface area contributed by atoms with Crippen LogP contribution in [0.3, 0.4) is 0 Å². The minimum Gasteiger partial charge on any atom is -0.494 e. The molecule has 124 valence electrons. The Balaban J connectivity index is 1.47. The van der Waals surface area contributed by atoms with E-state index in [1.54, 1.807) is 12.1 Å². The van der Waals surface area contributed by atoms with E-state index in [9.17, 15) is 9.18 Å². The summed E-state index contributed by atoms with van der Waals surface area (Å²) >= 11 is 1.26. The minimum atomic E-state index is -0.379. The second-order valence-electron chi connectivity index (χ2n) is 5.42. The van der Waals surface area contributed by atoms with E-state index in [2.05, 4.69) is 10.3 Å². The molecule has 0 unspecified atom stereocenters. The van der Waals surface area contributed by atoms with Crippen LogP contribution in [0.1, 0.15) is 18.4 Å². The average molecular weight is 344 g/mol. The van der Waals surface area contributed by atoms with Crippen molar-refractivity contribution in [2.45, 2.75) is 19.8 Å². The standard InChI is InChI=1S/C18H17FN2O2S/c1-12-5-2-6-13(11-12)23-10-4-9-16(22)20-18-21-17-14(19)7-3-8-15(17)24-18/h2-3,5-8,11H,4,9-10H2,1H3,(H,20,21,22). The van der Waals surface area contributed by atoms with Crippen molar-refractivity contribution in [1.29, 1.82) is 0 Å². The molecule has 0 spiro atoms. The molecule has 0 aliphatic carbocycles. The number of fused-ring (bicyclic) bond motifs is 1. The van der Waals surface area contributed by atoms with Crippen LogP contribution in [0.15, 0.2) is 42.5 Å². The summed E-state index contributed by atoms with van der Waals surface area (Å²) in [6, 6.07) is 12.5. The molecule has 0 bridgehead atoms. The number of carbonyl (C=O) groups excluding carboxylic acids is 1. The van der Waals surface area contributed by atoms with E-state index in [0.717, 1.165) is 11.3 Å². The molecule has 0 aliphatic heterocycles. The third-order valence-corrected chi connectivity index (χ3v) is 4.36. The number of amides is 1. The highest BCUT2D eigenvalue weighted by molar-refractivity contribution is 7.22. The Bertz CT molecular complexity index is 863. The molecule has 0 atom stereocenters. The van der Waals surface area contributed by atoms with E-state index >= 15 is 0 Å². The van der Waals surface area contributed by atoms with Gasteiger partial charge in [0.05, 0.1) is 11.3 Å². The number of thiazole rings is 1. The van der Waals surface area contributed by atoms with Crippen LogP contribution in [0.25, 0.3) is 10.2 Å². The number of nitrogens with zero attached hydrogens (tertiary/aromatic N) is 1. The molecule has 24 heavy (non-hydrogen) atoms. The first-order valence-corrected chi connectivity index (χ1v) is 8.48. The van der Waals surface area contributed by atoms with Crippen molar-refractivity contribution < 1.29 is 13.9 Å². The molecule has 3 rings (SSSR count). The van der Waals surface area contributed by atoms with Gasteiger partial charge < -0.3 is 10.1 Å². The van der Waals surface area contributed by atoms with Crippen molar-refractivity contribution in [2.75, 3.05) is 11.9 Å². The van der Waals surface area contributed by atoms with Crippen molar-refractivity contribution in [3.05, 3.63) is 53.8 Å². The molecule has 0 radical (unpaired) electrons. The van der Waals surface area contributed by atoms with E-state index < -0.39 is 0 Å². The van der Waals surface area contributed by atoms with Gasteiger partial charge in [0.25, 0.3) is 0 Å². The van der Waals surface area contributed by atoms with Gasteiger partial charge in [0.15, 0.2) is 5.13 Å². The van der Waals surface area contributed by atoms with Crippen molar-refractivity contribution in [3.8, 4) is 5.75 Å². The van der Waals surface area contributed by atoms with Gasteiger partial charge in [-0.3, -0.25) is 4.79 Å². The highest BCUT2D eigenvalue weighted by Crippen LogP contribution is 2.27.